The van der Waals surface area contributed by atoms with Crippen LogP contribution in [0.5, 0.6) is 0 Å². The number of allylic oxidation sites excluding steroid dienone is 1. The van der Waals surface area contributed by atoms with Crippen molar-refractivity contribution in [2.75, 3.05) is 13.6 Å². The summed E-state index contributed by atoms with van der Waals surface area (Å²) >= 11 is 0. The number of likely N-dealkylation sites (N-methyl/N-ethyl adjacent to an activating group) is 1. The molecule has 1 nitrogen and oxygen atoms in total. The molecule has 1 aliphatic rings. The van der Waals surface area contributed by atoms with E-state index >= 15 is 0 Å². The molecule has 0 aromatic heterocycles. The lowest BCUT2D eigenvalue weighted by molar-refractivity contribution is -0.486. The topological polar surface area (TPSA) is 3.01 Å². The van der Waals surface area contributed by atoms with Gasteiger partial charge in [0.15, 0.2) is 12.8 Å². The van der Waals surface area contributed by atoms with E-state index in [1.165, 1.54) is 11.5 Å². The Balaban J connectivity index is 2.21. The first-order chi connectivity index (χ1) is 6.36. The van der Waals surface area contributed by atoms with E-state index in [0.717, 1.165) is 6.54 Å². The number of hydrogen-bond acceptors (Lipinski definition) is 0. The molecule has 2 rings (SSSR count). The summed E-state index contributed by atoms with van der Waals surface area (Å²) in [5.74, 6) is 1.38. The Kier molecular flexibility index (Phi) is 2.26. The van der Waals surface area contributed by atoms with Gasteiger partial charge in [0.05, 0.1) is 5.92 Å². The quantitative estimate of drug-likeness (QED) is 0.568. The fourth-order valence-electron chi connectivity index (χ4n) is 1.52. The minimum atomic E-state index is 1.00. The minimum Gasteiger partial charge on any atom is -0.237 e. The first-order valence-corrected chi connectivity index (χ1v) is 4.49. The van der Waals surface area contributed by atoms with Crippen molar-refractivity contribution in [2.24, 2.45) is 0 Å². The van der Waals surface area contributed by atoms with Gasteiger partial charge in [-0.2, -0.15) is 0 Å². The van der Waals surface area contributed by atoms with E-state index in [4.69, 9.17) is 0 Å². The van der Waals surface area contributed by atoms with E-state index in [1.54, 1.807) is 0 Å². The Morgan fingerprint density at radius 3 is 2.62 bits per heavy atom. The zero-order chi connectivity index (χ0) is 9.10. The summed E-state index contributed by atoms with van der Waals surface area (Å²) in [5.41, 5.74) is 1.32. The molecule has 1 heterocycles. The average molecular weight is 171 g/mol. The molecule has 0 atom stereocenters. The number of hydrogen-bond donors (Lipinski definition) is 0. The molecule has 0 spiro atoms. The van der Waals surface area contributed by atoms with Crippen LogP contribution >= 0.6 is 0 Å². The van der Waals surface area contributed by atoms with Crippen LogP contribution in [-0.2, 0) is 0 Å². The molecule has 0 fully saturated rings. The molecule has 65 valence electrons. The largest absolute Gasteiger partial charge is 0.237 e. The summed E-state index contributed by atoms with van der Waals surface area (Å²) < 4.78 is 2.18. The maximum Gasteiger partial charge on any atom is 0.162 e. The maximum absolute atomic E-state index is 2.18. The molecule has 13 heavy (non-hydrogen) atoms. The lowest BCUT2D eigenvalue weighted by atomic mass is 9.97. The molecule has 1 aliphatic heterocycles. The summed E-state index contributed by atoms with van der Waals surface area (Å²) in [4.78, 5) is 0. The van der Waals surface area contributed by atoms with Gasteiger partial charge in [-0.25, -0.2) is 4.58 Å². The second kappa shape index (κ2) is 3.56. The third kappa shape index (κ3) is 1.86. The SMILES string of the molecule is C[N+]1=CC=C[C](c2ccccc2)C1. The summed E-state index contributed by atoms with van der Waals surface area (Å²) in [6, 6.07) is 10.5. The van der Waals surface area contributed by atoms with Gasteiger partial charge in [0.25, 0.3) is 0 Å². The highest BCUT2D eigenvalue weighted by atomic mass is 15.0. The molecule has 0 N–H and O–H groups in total. The molecular weight excluding hydrogens is 158 g/mol. The fraction of sp³-hybridized carbons (Fsp3) is 0.167. The van der Waals surface area contributed by atoms with E-state index in [2.05, 4.69) is 54.3 Å². The minimum absolute atomic E-state index is 1.00. The molecule has 0 unspecified atom stereocenters. The Labute approximate surface area is 79.0 Å². The second-order valence-electron chi connectivity index (χ2n) is 3.31. The first kappa shape index (κ1) is 8.24. The molecule has 1 aromatic carbocycles. The number of nitrogens with zero attached hydrogens (tertiary/aromatic N) is 1. The number of benzene rings is 1. The van der Waals surface area contributed by atoms with Crippen LogP contribution < -0.4 is 0 Å². The fourth-order valence-corrected chi connectivity index (χ4v) is 1.52. The lowest BCUT2D eigenvalue weighted by Crippen LogP contribution is -2.19. The lowest BCUT2D eigenvalue weighted by Gasteiger charge is -2.11. The average Bonchev–Trinajstić information content (AvgIpc) is 2.19. The monoisotopic (exact) mass is 171 g/mol. The molecule has 0 aliphatic carbocycles. The standard InChI is InChI=1S/C12H13N/c1-13-9-5-8-12(10-13)11-6-3-2-4-7-11/h2-9H,10H2,1H3/q+1. The van der Waals surface area contributed by atoms with E-state index in [-0.39, 0.29) is 0 Å². The van der Waals surface area contributed by atoms with Crippen LogP contribution in [0, 0.1) is 5.92 Å². The maximum atomic E-state index is 2.18. The van der Waals surface area contributed by atoms with Crippen molar-refractivity contribution in [2.45, 2.75) is 0 Å². The normalized spacial score (nSPS) is 17.2. The molecule has 1 heteroatoms. The predicted octanol–water partition coefficient (Wildman–Crippen LogP) is 1.89. The van der Waals surface area contributed by atoms with E-state index in [0.29, 0.717) is 0 Å². The third-order valence-electron chi connectivity index (χ3n) is 2.20. The van der Waals surface area contributed by atoms with Crippen LogP contribution in [0.2, 0.25) is 0 Å². The molecular formula is C12H13N+. The van der Waals surface area contributed by atoms with Crippen molar-refractivity contribution in [3.8, 4) is 0 Å². The van der Waals surface area contributed by atoms with Gasteiger partial charge >= 0.3 is 0 Å². The van der Waals surface area contributed by atoms with Crippen LogP contribution in [0.15, 0.2) is 42.5 Å². The van der Waals surface area contributed by atoms with Crippen molar-refractivity contribution in [3.05, 3.63) is 54.0 Å². The van der Waals surface area contributed by atoms with Crippen LogP contribution in [0.3, 0.4) is 0 Å². The van der Waals surface area contributed by atoms with Gasteiger partial charge in [-0.1, -0.05) is 36.4 Å². The van der Waals surface area contributed by atoms with Gasteiger partial charge in [-0.05, 0) is 11.6 Å². The van der Waals surface area contributed by atoms with Gasteiger partial charge in [0, 0.05) is 0 Å². The first-order valence-electron chi connectivity index (χ1n) is 4.49. The Bertz CT molecular complexity index is 335. The smallest absolute Gasteiger partial charge is 0.162 e. The van der Waals surface area contributed by atoms with E-state index < -0.39 is 0 Å². The van der Waals surface area contributed by atoms with Gasteiger partial charge in [0.2, 0.25) is 0 Å². The third-order valence-corrected chi connectivity index (χ3v) is 2.20. The highest BCUT2D eigenvalue weighted by molar-refractivity contribution is 5.69. The Hall–Kier alpha value is -1.37. The predicted molar refractivity (Wildman–Crippen MR) is 55.0 cm³/mol. The molecule has 1 aromatic rings. The van der Waals surface area contributed by atoms with Crippen molar-refractivity contribution in [3.63, 3.8) is 0 Å². The van der Waals surface area contributed by atoms with Gasteiger partial charge in [-0.15, -0.1) is 0 Å². The zero-order valence-electron chi connectivity index (χ0n) is 7.77. The van der Waals surface area contributed by atoms with Gasteiger partial charge < -0.3 is 0 Å². The van der Waals surface area contributed by atoms with Crippen LogP contribution in [0.4, 0.5) is 0 Å². The Morgan fingerprint density at radius 2 is 1.92 bits per heavy atom. The van der Waals surface area contributed by atoms with Gasteiger partial charge in [0.1, 0.15) is 7.05 Å². The second-order valence-corrected chi connectivity index (χ2v) is 3.31. The summed E-state index contributed by atoms with van der Waals surface area (Å²) in [6.07, 6.45) is 6.35. The van der Waals surface area contributed by atoms with E-state index in [9.17, 15) is 0 Å². The van der Waals surface area contributed by atoms with Crippen molar-refractivity contribution in [1.29, 1.82) is 0 Å². The van der Waals surface area contributed by atoms with Crippen LogP contribution in [0.1, 0.15) is 5.56 Å². The van der Waals surface area contributed by atoms with E-state index in [1.807, 2.05) is 6.07 Å². The summed E-state index contributed by atoms with van der Waals surface area (Å²) in [7, 11) is 2.09. The van der Waals surface area contributed by atoms with Crippen LogP contribution in [0.25, 0.3) is 0 Å². The van der Waals surface area contributed by atoms with Crippen molar-refractivity contribution in [1.82, 2.24) is 0 Å². The summed E-state index contributed by atoms with van der Waals surface area (Å²) in [6.45, 7) is 1.00. The molecule has 0 amide bonds. The van der Waals surface area contributed by atoms with Crippen molar-refractivity contribution < 1.29 is 4.58 Å². The molecule has 0 saturated heterocycles. The van der Waals surface area contributed by atoms with Crippen LogP contribution in [-0.4, -0.2) is 24.4 Å². The summed E-state index contributed by atoms with van der Waals surface area (Å²) in [5, 5.41) is 0. The highest BCUT2D eigenvalue weighted by Gasteiger charge is 2.15. The molecule has 0 bridgehead atoms. The Morgan fingerprint density at radius 1 is 1.15 bits per heavy atom. The molecule has 0 saturated carbocycles. The molecule has 1 radical (unpaired) electrons. The highest BCUT2D eigenvalue weighted by Crippen LogP contribution is 2.17. The van der Waals surface area contributed by atoms with Gasteiger partial charge in [-0.3, -0.25) is 0 Å². The van der Waals surface area contributed by atoms with Crippen molar-refractivity contribution >= 4 is 6.21 Å². The zero-order valence-corrected chi connectivity index (χ0v) is 7.77. The number of rotatable bonds is 1.